The van der Waals surface area contributed by atoms with E-state index in [4.69, 9.17) is 14.6 Å². The van der Waals surface area contributed by atoms with E-state index in [0.717, 1.165) is 0 Å². The van der Waals surface area contributed by atoms with Gasteiger partial charge in [-0.25, -0.2) is 0 Å². The summed E-state index contributed by atoms with van der Waals surface area (Å²) in [6.45, 7) is 4.06. The summed E-state index contributed by atoms with van der Waals surface area (Å²) in [6, 6.07) is -0.322. The number of aliphatic hydroxyl groups is 2. The lowest BCUT2D eigenvalue weighted by Gasteiger charge is -2.38. The molecule has 0 bridgehead atoms. The highest BCUT2D eigenvalue weighted by Crippen LogP contribution is 2.29. The quantitative estimate of drug-likeness (QED) is 0.501. The summed E-state index contributed by atoms with van der Waals surface area (Å²) in [5.74, 6) is -0.645. The second kappa shape index (κ2) is 3.43. The summed E-state index contributed by atoms with van der Waals surface area (Å²) >= 11 is 0. The summed E-state index contributed by atoms with van der Waals surface area (Å²) in [5, 5.41) is 21.9. The van der Waals surface area contributed by atoms with Crippen molar-refractivity contribution in [3.8, 4) is 0 Å². The lowest BCUT2D eigenvalue weighted by atomic mass is 10.1. The Bertz CT molecular complexity index is 219. The van der Waals surface area contributed by atoms with E-state index in [1.807, 2.05) is 13.8 Å². The first-order valence-corrected chi connectivity index (χ1v) is 4.90. The van der Waals surface area contributed by atoms with Crippen LogP contribution in [0.3, 0.4) is 0 Å². The normalized spacial score (nSPS) is 46.3. The molecule has 2 fully saturated rings. The van der Waals surface area contributed by atoms with E-state index in [1.54, 1.807) is 0 Å². The van der Waals surface area contributed by atoms with Crippen LogP contribution in [-0.2, 0) is 9.47 Å². The first-order chi connectivity index (χ1) is 6.53. The van der Waals surface area contributed by atoms with Crippen molar-refractivity contribution in [2.24, 2.45) is 0 Å². The maximum absolute atomic E-state index is 9.81. The van der Waals surface area contributed by atoms with Crippen molar-refractivity contribution < 1.29 is 19.7 Å². The van der Waals surface area contributed by atoms with Crippen molar-refractivity contribution in [2.75, 3.05) is 13.2 Å². The molecule has 82 valence electrons. The summed E-state index contributed by atoms with van der Waals surface area (Å²) in [4.78, 5) is 0. The number of ether oxygens (including phenoxy) is 2. The van der Waals surface area contributed by atoms with Crippen LogP contribution in [0.4, 0.5) is 0 Å². The second-order valence-corrected chi connectivity index (χ2v) is 4.35. The zero-order valence-electron chi connectivity index (χ0n) is 8.43. The van der Waals surface area contributed by atoms with Gasteiger partial charge in [-0.3, -0.25) is 0 Å². The van der Waals surface area contributed by atoms with E-state index in [-0.39, 0.29) is 24.8 Å². The van der Waals surface area contributed by atoms with Crippen molar-refractivity contribution in [1.82, 2.24) is 5.32 Å². The monoisotopic (exact) mass is 203 g/mol. The largest absolute Gasteiger partial charge is 0.395 e. The Morgan fingerprint density at radius 3 is 2.86 bits per heavy atom. The van der Waals surface area contributed by atoms with Gasteiger partial charge < -0.3 is 25.0 Å². The minimum absolute atomic E-state index is 0.0184. The van der Waals surface area contributed by atoms with Crippen LogP contribution >= 0.6 is 0 Å². The average molecular weight is 203 g/mol. The summed E-state index contributed by atoms with van der Waals surface area (Å²) in [6.07, 6.45) is -0.941. The van der Waals surface area contributed by atoms with Gasteiger partial charge in [0.25, 0.3) is 0 Å². The number of hydrogen-bond donors (Lipinski definition) is 3. The fourth-order valence-corrected chi connectivity index (χ4v) is 2.04. The van der Waals surface area contributed by atoms with Gasteiger partial charge in [0.1, 0.15) is 6.10 Å². The molecule has 4 atom stereocenters. The van der Waals surface area contributed by atoms with E-state index >= 15 is 0 Å². The first kappa shape index (κ1) is 10.3. The highest BCUT2D eigenvalue weighted by atomic mass is 16.7. The summed E-state index contributed by atoms with van der Waals surface area (Å²) in [7, 11) is 0. The average Bonchev–Trinajstić information content (AvgIpc) is 2.42. The fourth-order valence-electron chi connectivity index (χ4n) is 2.04. The molecular weight excluding hydrogens is 186 g/mol. The summed E-state index contributed by atoms with van der Waals surface area (Å²) in [5.41, 5.74) is 0. The van der Waals surface area contributed by atoms with Crippen LogP contribution in [0.2, 0.25) is 0 Å². The Balaban J connectivity index is 2.07. The minimum Gasteiger partial charge on any atom is -0.395 e. The molecule has 4 unspecified atom stereocenters. The standard InChI is InChI=1S/C9H17NO4/c1-9(2)13-4-6-8(14-9)7(12)5(3-11)10-6/h5-8,10-12H,3-4H2,1-2H3. The highest BCUT2D eigenvalue weighted by Gasteiger charge is 2.48. The Kier molecular flexibility index (Phi) is 2.53. The van der Waals surface area contributed by atoms with Crippen molar-refractivity contribution in [3.63, 3.8) is 0 Å². The third-order valence-electron chi connectivity index (χ3n) is 2.80. The van der Waals surface area contributed by atoms with Crippen molar-refractivity contribution in [3.05, 3.63) is 0 Å². The minimum atomic E-state index is -0.659. The van der Waals surface area contributed by atoms with Gasteiger partial charge in [0.2, 0.25) is 0 Å². The van der Waals surface area contributed by atoms with Gasteiger partial charge in [0.05, 0.1) is 31.4 Å². The maximum atomic E-state index is 9.81. The van der Waals surface area contributed by atoms with E-state index < -0.39 is 11.9 Å². The molecule has 2 aliphatic heterocycles. The molecule has 2 heterocycles. The number of aliphatic hydroxyl groups excluding tert-OH is 2. The number of hydrogen-bond acceptors (Lipinski definition) is 5. The van der Waals surface area contributed by atoms with Crippen LogP contribution in [-0.4, -0.2) is 53.5 Å². The molecule has 0 aromatic heterocycles. The third kappa shape index (κ3) is 1.66. The molecule has 0 radical (unpaired) electrons. The number of fused-ring (bicyclic) bond motifs is 1. The zero-order chi connectivity index (χ0) is 10.3. The molecular formula is C9H17NO4. The number of nitrogens with one attached hydrogen (secondary N) is 1. The molecule has 0 aliphatic carbocycles. The van der Waals surface area contributed by atoms with E-state index in [0.29, 0.717) is 6.61 Å². The first-order valence-electron chi connectivity index (χ1n) is 4.90. The van der Waals surface area contributed by atoms with Gasteiger partial charge in [0.15, 0.2) is 5.79 Å². The molecule has 0 amide bonds. The van der Waals surface area contributed by atoms with E-state index in [9.17, 15) is 5.11 Å². The van der Waals surface area contributed by atoms with Crippen LogP contribution in [0, 0.1) is 0 Å². The fraction of sp³-hybridized carbons (Fsp3) is 1.00. The van der Waals surface area contributed by atoms with Crippen LogP contribution in [0.15, 0.2) is 0 Å². The molecule has 0 saturated carbocycles. The van der Waals surface area contributed by atoms with Gasteiger partial charge in [-0.15, -0.1) is 0 Å². The third-order valence-corrected chi connectivity index (χ3v) is 2.80. The van der Waals surface area contributed by atoms with E-state index in [1.165, 1.54) is 0 Å². The lowest BCUT2D eigenvalue weighted by Crippen LogP contribution is -2.51. The molecule has 2 aliphatic rings. The van der Waals surface area contributed by atoms with Crippen LogP contribution in [0.25, 0.3) is 0 Å². The lowest BCUT2D eigenvalue weighted by molar-refractivity contribution is -0.287. The Morgan fingerprint density at radius 2 is 2.21 bits per heavy atom. The molecule has 2 rings (SSSR count). The Hall–Kier alpha value is -0.200. The Morgan fingerprint density at radius 1 is 1.50 bits per heavy atom. The SMILES string of the molecule is CC1(C)OCC2NC(CO)C(O)C2O1. The molecule has 5 nitrogen and oxygen atoms in total. The van der Waals surface area contributed by atoms with Crippen molar-refractivity contribution in [1.29, 1.82) is 0 Å². The highest BCUT2D eigenvalue weighted by molar-refractivity contribution is 5.01. The smallest absolute Gasteiger partial charge is 0.163 e. The van der Waals surface area contributed by atoms with Crippen LogP contribution < -0.4 is 5.32 Å². The van der Waals surface area contributed by atoms with Crippen LogP contribution in [0.5, 0.6) is 0 Å². The number of rotatable bonds is 1. The summed E-state index contributed by atoms with van der Waals surface area (Å²) < 4.78 is 11.0. The zero-order valence-corrected chi connectivity index (χ0v) is 8.43. The Labute approximate surface area is 83.0 Å². The van der Waals surface area contributed by atoms with Gasteiger partial charge >= 0.3 is 0 Å². The van der Waals surface area contributed by atoms with Gasteiger partial charge in [0, 0.05) is 0 Å². The predicted octanol–water partition coefficient (Wildman–Crippen LogP) is -1.17. The van der Waals surface area contributed by atoms with Crippen molar-refractivity contribution in [2.45, 2.75) is 43.9 Å². The van der Waals surface area contributed by atoms with Gasteiger partial charge in [-0.1, -0.05) is 0 Å². The molecule has 5 heteroatoms. The molecule has 14 heavy (non-hydrogen) atoms. The predicted molar refractivity (Wildman–Crippen MR) is 48.7 cm³/mol. The van der Waals surface area contributed by atoms with E-state index in [2.05, 4.69) is 5.32 Å². The molecule has 3 N–H and O–H groups in total. The maximum Gasteiger partial charge on any atom is 0.163 e. The topological polar surface area (TPSA) is 71.0 Å². The van der Waals surface area contributed by atoms with Crippen LogP contribution in [0.1, 0.15) is 13.8 Å². The molecule has 0 aromatic carbocycles. The van der Waals surface area contributed by atoms with Crippen molar-refractivity contribution >= 4 is 0 Å². The van der Waals surface area contributed by atoms with Gasteiger partial charge in [-0.05, 0) is 13.8 Å². The molecule has 2 saturated heterocycles. The van der Waals surface area contributed by atoms with Gasteiger partial charge in [-0.2, -0.15) is 0 Å². The molecule has 0 spiro atoms. The second-order valence-electron chi connectivity index (χ2n) is 4.35. The molecule has 0 aromatic rings.